The Morgan fingerprint density at radius 3 is 2.43 bits per heavy atom. The summed E-state index contributed by atoms with van der Waals surface area (Å²) in [6, 6.07) is 6.90. The lowest BCUT2D eigenvalue weighted by Gasteiger charge is -2.21. The van der Waals surface area contributed by atoms with E-state index in [0.717, 1.165) is 4.90 Å². The first-order chi connectivity index (χ1) is 10.1. The Morgan fingerprint density at radius 2 is 1.86 bits per heavy atom. The van der Waals surface area contributed by atoms with Crippen LogP contribution in [0.3, 0.4) is 0 Å². The summed E-state index contributed by atoms with van der Waals surface area (Å²) in [7, 11) is 0. The van der Waals surface area contributed by atoms with Gasteiger partial charge in [-0.05, 0) is 19.1 Å². The normalized spacial score (nSPS) is 12.4. The van der Waals surface area contributed by atoms with Gasteiger partial charge in [0.2, 0.25) is 0 Å². The van der Waals surface area contributed by atoms with E-state index in [-0.39, 0.29) is 25.6 Å². The number of hydrogen-bond donors (Lipinski definition) is 4. The zero-order valence-electron chi connectivity index (χ0n) is 12.3. The molecule has 0 aliphatic rings. The van der Waals surface area contributed by atoms with Crippen LogP contribution in [0.1, 0.15) is 17.3 Å². The van der Waals surface area contributed by atoms with Crippen LogP contribution in [0.5, 0.6) is 5.75 Å². The van der Waals surface area contributed by atoms with Crippen molar-refractivity contribution < 1.29 is 29.8 Å². The van der Waals surface area contributed by atoms with E-state index in [4.69, 9.17) is 14.9 Å². The number of hydrogen-bond acceptors (Lipinski definition) is 5. The molecule has 1 aromatic carbocycles. The van der Waals surface area contributed by atoms with Gasteiger partial charge in [-0.15, -0.1) is 0 Å². The lowest BCUT2D eigenvalue weighted by Crippen LogP contribution is -3.14. The number of quaternary nitrogens is 1. The van der Waals surface area contributed by atoms with Gasteiger partial charge in [0.25, 0.3) is 0 Å². The molecule has 0 radical (unpaired) electrons. The Kier molecular flexibility index (Phi) is 7.92. The molecular formula is C15H24NO5+. The maximum Gasteiger partial charge on any atom is 0.163 e. The molecule has 0 unspecified atom stereocenters. The van der Waals surface area contributed by atoms with Gasteiger partial charge in [-0.3, -0.25) is 4.79 Å². The van der Waals surface area contributed by atoms with Gasteiger partial charge in [-0.25, -0.2) is 0 Å². The van der Waals surface area contributed by atoms with Crippen LogP contribution < -0.4 is 9.64 Å². The maximum absolute atomic E-state index is 11.5. The van der Waals surface area contributed by atoms with Crippen LogP contribution in [-0.2, 0) is 0 Å². The third-order valence-corrected chi connectivity index (χ3v) is 3.15. The maximum atomic E-state index is 11.5. The average Bonchev–Trinajstić information content (AvgIpc) is 2.46. The standard InChI is InChI=1S/C15H23NO5/c1-12(19)14-4-2-3-5-15(14)21-11-13(20)10-16(6-8-17)7-9-18/h2-5,13,17-18,20H,6-11H2,1H3/p+1/t13-/m0/s1. The fourth-order valence-electron chi connectivity index (χ4n) is 2.11. The van der Waals surface area contributed by atoms with Crippen molar-refractivity contribution in [1.29, 1.82) is 0 Å². The predicted octanol–water partition coefficient (Wildman–Crippen LogP) is -1.50. The van der Waals surface area contributed by atoms with Crippen molar-refractivity contribution in [3.63, 3.8) is 0 Å². The Balaban J connectivity index is 2.52. The predicted molar refractivity (Wildman–Crippen MR) is 77.7 cm³/mol. The van der Waals surface area contributed by atoms with Crippen molar-refractivity contribution in [2.45, 2.75) is 13.0 Å². The molecule has 0 saturated carbocycles. The third kappa shape index (κ3) is 6.22. The fraction of sp³-hybridized carbons (Fsp3) is 0.533. The van der Waals surface area contributed by atoms with E-state index in [1.807, 2.05) is 0 Å². The van der Waals surface area contributed by atoms with E-state index in [0.29, 0.717) is 30.9 Å². The molecule has 4 N–H and O–H groups in total. The lowest BCUT2D eigenvalue weighted by molar-refractivity contribution is -0.903. The quantitative estimate of drug-likeness (QED) is 0.395. The minimum atomic E-state index is -0.738. The number of nitrogens with one attached hydrogen (secondary N) is 1. The Labute approximate surface area is 124 Å². The second kappa shape index (κ2) is 9.46. The second-order valence-electron chi connectivity index (χ2n) is 4.92. The first kappa shape index (κ1) is 17.6. The van der Waals surface area contributed by atoms with Crippen molar-refractivity contribution in [3.8, 4) is 5.75 Å². The Hall–Kier alpha value is -1.47. The molecule has 1 rings (SSSR count). The summed E-state index contributed by atoms with van der Waals surface area (Å²) in [4.78, 5) is 12.4. The summed E-state index contributed by atoms with van der Waals surface area (Å²) >= 11 is 0. The van der Waals surface area contributed by atoms with E-state index >= 15 is 0 Å². The largest absolute Gasteiger partial charge is 0.490 e. The highest BCUT2D eigenvalue weighted by Gasteiger charge is 2.16. The molecule has 0 spiro atoms. The molecule has 0 aliphatic carbocycles. The number of rotatable bonds is 10. The van der Waals surface area contributed by atoms with E-state index in [9.17, 15) is 9.90 Å². The van der Waals surface area contributed by atoms with Crippen LogP contribution >= 0.6 is 0 Å². The summed E-state index contributed by atoms with van der Waals surface area (Å²) in [5.41, 5.74) is 0.486. The zero-order valence-corrected chi connectivity index (χ0v) is 12.3. The molecule has 6 heteroatoms. The molecule has 21 heavy (non-hydrogen) atoms. The minimum Gasteiger partial charge on any atom is -0.490 e. The third-order valence-electron chi connectivity index (χ3n) is 3.15. The summed E-state index contributed by atoms with van der Waals surface area (Å²) in [6.45, 7) is 2.80. The highest BCUT2D eigenvalue weighted by Crippen LogP contribution is 2.18. The molecule has 0 aliphatic heterocycles. The van der Waals surface area contributed by atoms with Gasteiger partial charge in [0.1, 0.15) is 38.1 Å². The number of carbonyl (C=O) groups is 1. The Bertz CT molecular complexity index is 432. The molecular weight excluding hydrogens is 274 g/mol. The van der Waals surface area contributed by atoms with Crippen molar-refractivity contribution >= 4 is 5.78 Å². The summed E-state index contributed by atoms with van der Waals surface area (Å²) < 4.78 is 5.51. The smallest absolute Gasteiger partial charge is 0.163 e. The molecule has 6 nitrogen and oxygen atoms in total. The van der Waals surface area contributed by atoms with Crippen LogP contribution in [0.4, 0.5) is 0 Å². The first-order valence-corrected chi connectivity index (χ1v) is 7.04. The number of ketones is 1. The number of para-hydroxylation sites is 1. The van der Waals surface area contributed by atoms with Crippen LogP contribution in [0.2, 0.25) is 0 Å². The van der Waals surface area contributed by atoms with Crippen molar-refractivity contribution in [1.82, 2.24) is 0 Å². The molecule has 118 valence electrons. The van der Waals surface area contributed by atoms with Crippen LogP contribution in [0.15, 0.2) is 24.3 Å². The fourth-order valence-corrected chi connectivity index (χ4v) is 2.11. The number of carbonyl (C=O) groups excluding carboxylic acids is 1. The van der Waals surface area contributed by atoms with Crippen molar-refractivity contribution in [3.05, 3.63) is 29.8 Å². The van der Waals surface area contributed by atoms with Crippen LogP contribution in [0, 0.1) is 0 Å². The van der Waals surface area contributed by atoms with Crippen molar-refractivity contribution in [2.75, 3.05) is 39.5 Å². The summed E-state index contributed by atoms with van der Waals surface area (Å²) in [5.74, 6) is 0.364. The van der Waals surface area contributed by atoms with Gasteiger partial charge in [0.15, 0.2) is 5.78 Å². The van der Waals surface area contributed by atoms with E-state index in [2.05, 4.69) is 0 Å². The molecule has 1 aromatic rings. The number of aliphatic hydroxyl groups is 3. The first-order valence-electron chi connectivity index (χ1n) is 7.04. The number of Topliss-reactive ketones (excluding diaryl/α,β-unsaturated/α-hetero) is 1. The van der Waals surface area contributed by atoms with E-state index in [1.165, 1.54) is 6.92 Å². The summed E-state index contributed by atoms with van der Waals surface area (Å²) in [6.07, 6.45) is -0.738. The molecule has 0 saturated heterocycles. The van der Waals surface area contributed by atoms with Crippen molar-refractivity contribution in [2.24, 2.45) is 0 Å². The highest BCUT2D eigenvalue weighted by atomic mass is 16.5. The van der Waals surface area contributed by atoms with Gasteiger partial charge in [-0.1, -0.05) is 12.1 Å². The average molecular weight is 298 g/mol. The van der Waals surface area contributed by atoms with E-state index in [1.54, 1.807) is 24.3 Å². The SMILES string of the molecule is CC(=O)c1ccccc1OC[C@@H](O)C[NH+](CCO)CCO. The van der Waals surface area contributed by atoms with Crippen LogP contribution in [-0.4, -0.2) is 66.7 Å². The number of ether oxygens (including phenoxy) is 1. The second-order valence-corrected chi connectivity index (χ2v) is 4.92. The number of benzene rings is 1. The molecule has 0 amide bonds. The molecule has 1 atom stereocenters. The molecule has 0 bridgehead atoms. The lowest BCUT2D eigenvalue weighted by atomic mass is 10.1. The molecule has 0 aromatic heterocycles. The molecule has 0 fully saturated rings. The minimum absolute atomic E-state index is 0.00389. The number of aliphatic hydroxyl groups excluding tert-OH is 3. The summed E-state index contributed by atoms with van der Waals surface area (Å²) in [5, 5.41) is 27.8. The zero-order chi connectivity index (χ0) is 15.7. The van der Waals surface area contributed by atoms with E-state index < -0.39 is 6.10 Å². The van der Waals surface area contributed by atoms with Gasteiger partial charge in [0, 0.05) is 0 Å². The van der Waals surface area contributed by atoms with Crippen LogP contribution in [0.25, 0.3) is 0 Å². The van der Waals surface area contributed by atoms with Gasteiger partial charge in [0.05, 0.1) is 18.8 Å². The van der Waals surface area contributed by atoms with Gasteiger partial charge >= 0.3 is 0 Å². The Morgan fingerprint density at radius 1 is 1.24 bits per heavy atom. The molecule has 0 heterocycles. The topological polar surface area (TPSA) is 91.4 Å². The monoisotopic (exact) mass is 298 g/mol. The highest BCUT2D eigenvalue weighted by molar-refractivity contribution is 5.96. The van der Waals surface area contributed by atoms with Gasteiger partial charge < -0.3 is 25.0 Å². The van der Waals surface area contributed by atoms with Gasteiger partial charge in [-0.2, -0.15) is 0 Å².